The highest BCUT2D eigenvalue weighted by atomic mass is 35.5. The monoisotopic (exact) mass is 509 g/mol. The Morgan fingerprint density at radius 3 is 2.42 bits per heavy atom. The number of anilines is 4. The second-order valence-corrected chi connectivity index (χ2v) is 8.17. The molecule has 0 saturated heterocycles. The minimum atomic E-state index is -0.518. The summed E-state index contributed by atoms with van der Waals surface area (Å²) in [6, 6.07) is 10.9. The molecule has 1 atom stereocenters. The van der Waals surface area contributed by atoms with Gasteiger partial charge in [-0.3, -0.25) is 0 Å². The lowest BCUT2D eigenvalue weighted by Gasteiger charge is -2.23. The molecule has 3 rings (SSSR count). The van der Waals surface area contributed by atoms with E-state index in [-0.39, 0.29) is 21.1 Å². The van der Waals surface area contributed by atoms with Crippen LogP contribution < -0.4 is 20.3 Å². The largest absolute Gasteiger partial charge is 0.497 e. The Kier molecular flexibility index (Phi) is 8.57. The number of hydrogen-bond donors (Lipinski definition) is 2. The second-order valence-electron chi connectivity index (χ2n) is 6.95. The number of carbonyl (C=O) groups excluding carboxylic acids is 1. The number of halogens is 3. The number of hydrogen-bond acceptors (Lipinski definition) is 6. The normalized spacial score (nSPS) is 11.6. The zero-order valence-electron chi connectivity index (χ0n) is 18.1. The molecule has 33 heavy (non-hydrogen) atoms. The molecule has 0 radical (unpaired) electrons. The van der Waals surface area contributed by atoms with Crippen molar-refractivity contribution in [2.24, 2.45) is 0 Å². The summed E-state index contributed by atoms with van der Waals surface area (Å²) in [5.74, 6) is 1.32. The van der Waals surface area contributed by atoms with Gasteiger partial charge in [-0.15, -0.1) is 0 Å². The molecule has 8 nitrogen and oxygen atoms in total. The number of amides is 2. The lowest BCUT2D eigenvalue weighted by atomic mass is 10.2. The maximum absolute atomic E-state index is 13.4. The van der Waals surface area contributed by atoms with E-state index in [9.17, 15) is 4.79 Å². The van der Waals surface area contributed by atoms with Gasteiger partial charge in [0.25, 0.3) is 0 Å². The zero-order chi connectivity index (χ0) is 24.0. The van der Waals surface area contributed by atoms with Crippen molar-refractivity contribution in [3.05, 3.63) is 63.7 Å². The van der Waals surface area contributed by atoms with E-state index in [1.165, 1.54) is 17.0 Å². The number of rotatable bonds is 8. The van der Waals surface area contributed by atoms with Gasteiger partial charge in [0, 0.05) is 25.4 Å². The number of methoxy groups -OCH3 is 2. The van der Waals surface area contributed by atoms with Crippen LogP contribution in [0.15, 0.2) is 48.7 Å². The Morgan fingerprint density at radius 2 is 1.76 bits per heavy atom. The van der Waals surface area contributed by atoms with E-state index in [0.717, 1.165) is 0 Å². The topological polar surface area (TPSA) is 88.6 Å². The molecule has 2 amide bonds. The van der Waals surface area contributed by atoms with Gasteiger partial charge in [0.2, 0.25) is 5.95 Å². The molecule has 3 aromatic rings. The van der Waals surface area contributed by atoms with E-state index in [2.05, 4.69) is 20.6 Å². The van der Waals surface area contributed by atoms with Gasteiger partial charge in [0.1, 0.15) is 11.6 Å². The zero-order valence-corrected chi connectivity index (χ0v) is 20.4. The van der Waals surface area contributed by atoms with Crippen molar-refractivity contribution in [2.75, 3.05) is 36.4 Å². The molecule has 0 saturated carbocycles. The molecule has 0 spiro atoms. The van der Waals surface area contributed by atoms with Crippen molar-refractivity contribution in [3.8, 4) is 5.75 Å². The second kappa shape index (κ2) is 11.4. The molecule has 2 N–H and O–H groups in total. The fourth-order valence-corrected chi connectivity index (χ4v) is 3.52. The van der Waals surface area contributed by atoms with Crippen LogP contribution in [-0.2, 0) is 4.74 Å². The molecular weight excluding hydrogens is 489 g/mol. The van der Waals surface area contributed by atoms with Crippen LogP contribution in [0.3, 0.4) is 0 Å². The number of nitrogens with zero attached hydrogens (tertiary/aromatic N) is 3. The van der Waals surface area contributed by atoms with Gasteiger partial charge in [-0.1, -0.05) is 34.8 Å². The summed E-state index contributed by atoms with van der Waals surface area (Å²) in [6.07, 6.45) is 1.56. The molecule has 1 heterocycles. The summed E-state index contributed by atoms with van der Waals surface area (Å²) >= 11 is 18.4. The fourth-order valence-electron chi connectivity index (χ4n) is 2.93. The number of aromatic nitrogens is 2. The van der Waals surface area contributed by atoms with Crippen molar-refractivity contribution in [3.63, 3.8) is 0 Å². The van der Waals surface area contributed by atoms with E-state index in [1.54, 1.807) is 50.7 Å². The SMILES string of the molecule is COC[C@H](C)Nc1nccc(N(C(=O)Nc2cc(Cl)c(Cl)cc2Cl)c2ccc(OC)cc2)n1. The molecule has 1 aromatic heterocycles. The van der Waals surface area contributed by atoms with Gasteiger partial charge >= 0.3 is 6.03 Å². The van der Waals surface area contributed by atoms with E-state index in [0.29, 0.717) is 35.5 Å². The minimum Gasteiger partial charge on any atom is -0.497 e. The molecule has 0 bridgehead atoms. The average Bonchev–Trinajstić information content (AvgIpc) is 2.78. The standard InChI is InChI=1S/C22H22Cl3N5O3/c1-13(12-32-2)27-21-26-9-8-20(29-21)30(14-4-6-15(33-3)7-5-14)22(31)28-19-11-17(24)16(23)10-18(19)25/h4-11,13H,12H2,1-3H3,(H,28,31)(H,26,27,29)/t13-/m0/s1. The van der Waals surface area contributed by atoms with Crippen molar-refractivity contribution < 1.29 is 14.3 Å². The van der Waals surface area contributed by atoms with Crippen LogP contribution in [0.4, 0.5) is 27.9 Å². The summed E-state index contributed by atoms with van der Waals surface area (Å²) in [5, 5.41) is 6.68. The Hall–Kier alpha value is -2.78. The van der Waals surface area contributed by atoms with Crippen molar-refractivity contribution in [1.82, 2.24) is 9.97 Å². The molecule has 11 heteroatoms. The molecule has 2 aromatic carbocycles. The smallest absolute Gasteiger partial charge is 0.332 e. The quantitative estimate of drug-likeness (QED) is 0.348. The molecule has 174 valence electrons. The third kappa shape index (κ3) is 6.39. The minimum absolute atomic E-state index is 0.0384. The van der Waals surface area contributed by atoms with Crippen LogP contribution in [-0.4, -0.2) is 42.9 Å². The van der Waals surface area contributed by atoms with E-state index < -0.39 is 6.03 Å². The van der Waals surface area contributed by atoms with Gasteiger partial charge in [0.15, 0.2) is 0 Å². The van der Waals surface area contributed by atoms with E-state index in [1.807, 2.05) is 6.92 Å². The van der Waals surface area contributed by atoms with Crippen molar-refractivity contribution >= 4 is 64.0 Å². The van der Waals surface area contributed by atoms with Gasteiger partial charge in [-0.25, -0.2) is 14.7 Å². The lowest BCUT2D eigenvalue weighted by molar-refractivity contribution is 0.190. The summed E-state index contributed by atoms with van der Waals surface area (Å²) in [7, 11) is 3.18. The first kappa shape index (κ1) is 24.9. The summed E-state index contributed by atoms with van der Waals surface area (Å²) in [6.45, 7) is 2.39. The maximum atomic E-state index is 13.4. The molecular formula is C22H22Cl3N5O3. The molecule has 0 aliphatic heterocycles. The first-order chi connectivity index (χ1) is 15.8. The van der Waals surface area contributed by atoms with E-state index in [4.69, 9.17) is 44.3 Å². The lowest BCUT2D eigenvalue weighted by Crippen LogP contribution is -2.32. The van der Waals surface area contributed by atoms with Crippen LogP contribution in [0.1, 0.15) is 6.92 Å². The molecule has 0 fully saturated rings. The molecule has 0 unspecified atom stereocenters. The van der Waals surface area contributed by atoms with Crippen LogP contribution in [0, 0.1) is 0 Å². The number of carbonyl (C=O) groups is 1. The first-order valence-corrected chi connectivity index (χ1v) is 10.9. The highest BCUT2D eigenvalue weighted by Gasteiger charge is 2.22. The van der Waals surface area contributed by atoms with Gasteiger partial charge in [-0.2, -0.15) is 4.98 Å². The van der Waals surface area contributed by atoms with Crippen LogP contribution >= 0.6 is 34.8 Å². The number of ether oxygens (including phenoxy) is 2. The number of urea groups is 1. The summed E-state index contributed by atoms with van der Waals surface area (Å²) in [4.78, 5) is 23.5. The van der Waals surface area contributed by atoms with Crippen LogP contribution in [0.2, 0.25) is 15.1 Å². The highest BCUT2D eigenvalue weighted by Crippen LogP contribution is 2.34. The van der Waals surface area contributed by atoms with Crippen molar-refractivity contribution in [2.45, 2.75) is 13.0 Å². The summed E-state index contributed by atoms with van der Waals surface area (Å²) < 4.78 is 10.4. The Bertz CT molecular complexity index is 1110. The number of benzene rings is 2. The van der Waals surface area contributed by atoms with Crippen molar-refractivity contribution in [1.29, 1.82) is 0 Å². The Balaban J connectivity index is 1.98. The van der Waals surface area contributed by atoms with Gasteiger partial charge in [0.05, 0.1) is 40.2 Å². The van der Waals surface area contributed by atoms with E-state index >= 15 is 0 Å². The number of nitrogens with one attached hydrogen (secondary N) is 2. The Labute approximate surface area is 206 Å². The highest BCUT2D eigenvalue weighted by molar-refractivity contribution is 6.44. The van der Waals surface area contributed by atoms with Crippen LogP contribution in [0.25, 0.3) is 0 Å². The third-order valence-corrected chi connectivity index (χ3v) is 5.48. The van der Waals surface area contributed by atoms with Gasteiger partial charge < -0.3 is 20.1 Å². The average molecular weight is 511 g/mol. The Morgan fingerprint density at radius 1 is 1.06 bits per heavy atom. The predicted octanol–water partition coefficient (Wildman–Crippen LogP) is 6.26. The van der Waals surface area contributed by atoms with Crippen LogP contribution in [0.5, 0.6) is 5.75 Å². The predicted molar refractivity (Wildman–Crippen MR) is 133 cm³/mol. The molecule has 0 aliphatic rings. The summed E-state index contributed by atoms with van der Waals surface area (Å²) in [5.41, 5.74) is 0.842. The van der Waals surface area contributed by atoms with Gasteiger partial charge in [-0.05, 0) is 43.3 Å². The maximum Gasteiger partial charge on any atom is 0.332 e. The molecule has 0 aliphatic carbocycles. The first-order valence-electron chi connectivity index (χ1n) is 9.80. The fraction of sp³-hybridized carbons (Fsp3) is 0.227. The third-order valence-electron chi connectivity index (χ3n) is 4.45.